The van der Waals surface area contributed by atoms with E-state index in [1.807, 2.05) is 18.2 Å². The molecule has 0 spiro atoms. The van der Waals surface area contributed by atoms with Crippen LogP contribution < -0.4 is 10.6 Å². The number of carbonyl (C=O) groups excluding carboxylic acids is 2. The van der Waals surface area contributed by atoms with Gasteiger partial charge in [-0.15, -0.1) is 0 Å². The van der Waals surface area contributed by atoms with Crippen LogP contribution in [-0.4, -0.2) is 32.2 Å². The second kappa shape index (κ2) is 11.8. The topological polar surface area (TPSA) is 112 Å². The molecule has 0 aromatic carbocycles. The molecule has 2 saturated carbocycles. The molecule has 2 amide bonds. The molecule has 0 radical (unpaired) electrons. The van der Waals surface area contributed by atoms with Crippen LogP contribution in [0.2, 0.25) is 0 Å². The number of halogens is 1. The number of anilines is 1. The van der Waals surface area contributed by atoms with Gasteiger partial charge in [-0.05, 0) is 55.7 Å². The van der Waals surface area contributed by atoms with Gasteiger partial charge in [0.15, 0.2) is 5.82 Å². The number of nitrogens with one attached hydrogen (secondary N) is 3. The smallest absolute Gasteiger partial charge is 0.225 e. The molecule has 0 atom stereocenters. The van der Waals surface area contributed by atoms with Gasteiger partial charge in [0.1, 0.15) is 17.3 Å². The van der Waals surface area contributed by atoms with Crippen molar-refractivity contribution in [1.29, 1.82) is 5.41 Å². The van der Waals surface area contributed by atoms with Crippen LogP contribution in [-0.2, 0) is 9.59 Å². The van der Waals surface area contributed by atoms with Crippen molar-refractivity contribution >= 4 is 29.0 Å². The Labute approximate surface area is 221 Å². The Balaban J connectivity index is 1.41. The number of aromatic nitrogens is 3. The van der Waals surface area contributed by atoms with E-state index in [4.69, 9.17) is 5.41 Å². The van der Waals surface area contributed by atoms with Crippen molar-refractivity contribution in [3.05, 3.63) is 48.0 Å². The van der Waals surface area contributed by atoms with Crippen molar-refractivity contribution in [2.24, 2.45) is 11.8 Å². The fourth-order valence-corrected chi connectivity index (χ4v) is 5.83. The van der Waals surface area contributed by atoms with E-state index in [1.165, 1.54) is 25.1 Å². The molecule has 3 aromatic rings. The number of pyridine rings is 2. The van der Waals surface area contributed by atoms with Crippen molar-refractivity contribution in [3.8, 4) is 11.3 Å². The third-order valence-corrected chi connectivity index (χ3v) is 7.85. The molecule has 3 heterocycles. The van der Waals surface area contributed by atoms with E-state index < -0.39 is 5.82 Å². The normalized spacial score (nSPS) is 16.9. The summed E-state index contributed by atoms with van der Waals surface area (Å²) in [5.74, 6) is -0.731. The Morgan fingerprint density at radius 2 is 1.63 bits per heavy atom. The lowest BCUT2D eigenvalue weighted by atomic mass is 9.87. The fraction of sp³-hybridized carbons (Fsp3) is 0.483. The van der Waals surface area contributed by atoms with Crippen molar-refractivity contribution in [3.63, 3.8) is 0 Å². The lowest BCUT2D eigenvalue weighted by Gasteiger charge is -2.22. The summed E-state index contributed by atoms with van der Waals surface area (Å²) in [5.41, 5.74) is 1.23. The lowest BCUT2D eigenvalue weighted by molar-refractivity contribution is -0.121. The molecule has 0 bridgehead atoms. The van der Waals surface area contributed by atoms with E-state index in [0.717, 1.165) is 51.4 Å². The maximum absolute atomic E-state index is 15.5. The van der Waals surface area contributed by atoms with Gasteiger partial charge in [-0.1, -0.05) is 44.6 Å². The zero-order valence-electron chi connectivity index (χ0n) is 21.6. The number of hydrogen-bond acceptors (Lipinski definition) is 5. The molecule has 8 nitrogen and oxygen atoms in total. The third kappa shape index (κ3) is 6.09. The van der Waals surface area contributed by atoms with E-state index in [0.29, 0.717) is 35.8 Å². The van der Waals surface area contributed by atoms with Gasteiger partial charge in [-0.25, -0.2) is 13.9 Å². The highest BCUT2D eigenvalue weighted by Gasteiger charge is 2.24. The molecular formula is C29H35FN6O2. The minimum absolute atomic E-state index is 0.0317. The first kappa shape index (κ1) is 26.0. The van der Waals surface area contributed by atoms with E-state index >= 15 is 4.39 Å². The fourth-order valence-electron chi connectivity index (χ4n) is 5.83. The summed E-state index contributed by atoms with van der Waals surface area (Å²) in [6.07, 6.45) is 14.9. The minimum atomic E-state index is -0.657. The molecule has 3 N–H and O–H groups in total. The van der Waals surface area contributed by atoms with Crippen LogP contribution in [0.5, 0.6) is 0 Å². The van der Waals surface area contributed by atoms with Crippen LogP contribution in [0, 0.1) is 23.1 Å². The minimum Gasteiger partial charge on any atom is -0.311 e. The molecule has 2 fully saturated rings. The number of amides is 2. The first-order chi connectivity index (χ1) is 18.5. The Bertz CT molecular complexity index is 1320. The standard InChI is InChI=1S/C29H35FN6O2/c30-23-17-21(28(31)33-25(37)15-19-9-3-1-4-10-19)29(34-26(38)16-20-11-5-2-6-12-20)35-27(23)22-18-32-36-14-8-7-13-24(22)36/h7-8,13-14,17-20H,1-6,9-12,15-16H2,(H2,31,33,37)(H,34,35,38). The van der Waals surface area contributed by atoms with E-state index in [2.05, 4.69) is 20.7 Å². The zero-order chi connectivity index (χ0) is 26.5. The Morgan fingerprint density at radius 3 is 2.32 bits per heavy atom. The van der Waals surface area contributed by atoms with Crippen LogP contribution in [0.1, 0.15) is 82.6 Å². The average molecular weight is 519 g/mol. The van der Waals surface area contributed by atoms with E-state index in [9.17, 15) is 9.59 Å². The van der Waals surface area contributed by atoms with E-state index in [1.54, 1.807) is 10.7 Å². The summed E-state index contributed by atoms with van der Waals surface area (Å²) in [6.45, 7) is 0. The number of fused-ring (bicyclic) bond motifs is 1. The van der Waals surface area contributed by atoms with Crippen molar-refractivity contribution in [2.75, 3.05) is 5.32 Å². The maximum Gasteiger partial charge on any atom is 0.225 e. The highest BCUT2D eigenvalue weighted by atomic mass is 19.1. The van der Waals surface area contributed by atoms with Crippen molar-refractivity contribution < 1.29 is 14.0 Å². The van der Waals surface area contributed by atoms with E-state index in [-0.39, 0.29) is 34.7 Å². The van der Waals surface area contributed by atoms with Gasteiger partial charge in [-0.3, -0.25) is 15.0 Å². The summed E-state index contributed by atoms with van der Waals surface area (Å²) >= 11 is 0. The third-order valence-electron chi connectivity index (χ3n) is 7.85. The number of hydrogen-bond donors (Lipinski definition) is 3. The van der Waals surface area contributed by atoms with Gasteiger partial charge >= 0.3 is 0 Å². The highest BCUT2D eigenvalue weighted by molar-refractivity contribution is 6.10. The second-order valence-electron chi connectivity index (χ2n) is 10.7. The molecule has 2 aliphatic rings. The van der Waals surface area contributed by atoms with Gasteiger partial charge in [0.2, 0.25) is 11.8 Å². The highest BCUT2D eigenvalue weighted by Crippen LogP contribution is 2.31. The Morgan fingerprint density at radius 1 is 0.974 bits per heavy atom. The first-order valence-electron chi connectivity index (χ1n) is 13.8. The molecule has 0 aliphatic heterocycles. The summed E-state index contributed by atoms with van der Waals surface area (Å²) in [6, 6.07) is 6.64. The number of carbonyl (C=O) groups is 2. The molecule has 0 saturated heterocycles. The predicted octanol–water partition coefficient (Wildman–Crippen LogP) is 5.86. The number of nitrogens with zero attached hydrogens (tertiary/aromatic N) is 3. The average Bonchev–Trinajstić information content (AvgIpc) is 3.34. The zero-order valence-corrected chi connectivity index (χ0v) is 21.6. The van der Waals surface area contributed by atoms with Crippen molar-refractivity contribution in [2.45, 2.75) is 77.0 Å². The molecule has 5 rings (SSSR count). The Kier molecular flexibility index (Phi) is 8.10. The van der Waals surface area contributed by atoms with Crippen molar-refractivity contribution in [1.82, 2.24) is 19.9 Å². The van der Waals surface area contributed by atoms with Gasteiger partial charge in [0.05, 0.1) is 17.3 Å². The molecule has 3 aromatic heterocycles. The molecule has 200 valence electrons. The van der Waals surface area contributed by atoms with Gasteiger partial charge in [-0.2, -0.15) is 5.10 Å². The van der Waals surface area contributed by atoms with Crippen LogP contribution in [0.4, 0.5) is 10.2 Å². The summed E-state index contributed by atoms with van der Waals surface area (Å²) < 4.78 is 17.1. The summed E-state index contributed by atoms with van der Waals surface area (Å²) in [4.78, 5) is 30.2. The quantitative estimate of drug-likeness (QED) is 0.269. The SMILES string of the molecule is N=C(NC(=O)CC1CCCCC1)c1cc(F)c(-c2cnn3ccccc23)nc1NC(=O)CC1CCCCC1. The van der Waals surface area contributed by atoms with Crippen LogP contribution in [0.25, 0.3) is 16.8 Å². The van der Waals surface area contributed by atoms with Gasteiger partial charge in [0.25, 0.3) is 0 Å². The molecule has 9 heteroatoms. The first-order valence-corrected chi connectivity index (χ1v) is 13.8. The van der Waals surface area contributed by atoms with Crippen LogP contribution in [0.15, 0.2) is 36.7 Å². The summed E-state index contributed by atoms with van der Waals surface area (Å²) in [5, 5.41) is 18.3. The second-order valence-corrected chi connectivity index (χ2v) is 10.7. The number of amidine groups is 1. The lowest BCUT2D eigenvalue weighted by Crippen LogP contribution is -2.33. The van der Waals surface area contributed by atoms with Gasteiger partial charge < -0.3 is 10.6 Å². The monoisotopic (exact) mass is 518 g/mol. The summed E-state index contributed by atoms with van der Waals surface area (Å²) in [7, 11) is 0. The molecular weight excluding hydrogens is 483 g/mol. The molecule has 0 unspecified atom stereocenters. The van der Waals surface area contributed by atoms with Gasteiger partial charge in [0, 0.05) is 24.6 Å². The Hall–Kier alpha value is -3.62. The number of rotatable bonds is 7. The molecule has 2 aliphatic carbocycles. The molecule has 38 heavy (non-hydrogen) atoms. The maximum atomic E-state index is 15.5. The van der Waals surface area contributed by atoms with Crippen LogP contribution in [0.3, 0.4) is 0 Å². The predicted molar refractivity (Wildman–Crippen MR) is 144 cm³/mol. The largest absolute Gasteiger partial charge is 0.311 e. The van der Waals surface area contributed by atoms with Crippen LogP contribution >= 0.6 is 0 Å².